The number of nitrogens with zero attached hydrogens (tertiary/aromatic N) is 2. The highest BCUT2D eigenvalue weighted by Gasteiger charge is 2.11. The highest BCUT2D eigenvalue weighted by atomic mass is 32.1. The fourth-order valence-corrected chi connectivity index (χ4v) is 2.82. The number of aliphatic carboxylic acids is 1. The number of hydrogen-bond donors (Lipinski definition) is 1. The molecule has 0 amide bonds. The monoisotopic (exact) mass is 266 g/mol. The zero-order valence-electron chi connectivity index (χ0n) is 10.3. The number of hydrogen-bond acceptors (Lipinski definition) is 4. The molecule has 0 spiro atoms. The average Bonchev–Trinajstić information content (AvgIpc) is 2.58. The number of fused-ring (bicyclic) bond motifs is 1. The third-order valence-corrected chi connectivity index (χ3v) is 4.06. The lowest BCUT2D eigenvalue weighted by atomic mass is 10.2. The Hall–Kier alpha value is -1.69. The summed E-state index contributed by atoms with van der Waals surface area (Å²) < 4.78 is 1.49. The van der Waals surface area contributed by atoms with Gasteiger partial charge in [-0.25, -0.2) is 4.98 Å². The smallest absolute Gasteiger partial charge is 0.303 e. The Balaban J connectivity index is 2.36. The first kappa shape index (κ1) is 12.8. The fourth-order valence-electron chi connectivity index (χ4n) is 1.83. The van der Waals surface area contributed by atoms with E-state index in [-0.39, 0.29) is 12.0 Å². The van der Waals surface area contributed by atoms with E-state index >= 15 is 0 Å². The van der Waals surface area contributed by atoms with E-state index in [4.69, 9.17) is 5.11 Å². The molecular formula is C12H14N2O3S. The molecule has 0 atom stereocenters. The molecule has 0 aliphatic carbocycles. The second-order valence-electron chi connectivity index (χ2n) is 4.20. The minimum atomic E-state index is -0.848. The van der Waals surface area contributed by atoms with E-state index in [0.29, 0.717) is 18.4 Å². The molecule has 18 heavy (non-hydrogen) atoms. The highest BCUT2D eigenvalue weighted by Crippen LogP contribution is 2.25. The third-order valence-electron chi connectivity index (χ3n) is 2.95. The van der Waals surface area contributed by atoms with E-state index in [2.05, 4.69) is 4.98 Å². The zero-order chi connectivity index (χ0) is 13.3. The van der Waals surface area contributed by atoms with Crippen LogP contribution in [0.15, 0.2) is 11.1 Å². The predicted molar refractivity (Wildman–Crippen MR) is 70.2 cm³/mol. The molecule has 0 saturated heterocycles. The van der Waals surface area contributed by atoms with Gasteiger partial charge >= 0.3 is 5.97 Å². The molecule has 2 rings (SSSR count). The molecule has 0 saturated carbocycles. The number of thiophene rings is 1. The van der Waals surface area contributed by atoms with Crippen LogP contribution in [0.5, 0.6) is 0 Å². The lowest BCUT2D eigenvalue weighted by Crippen LogP contribution is -2.21. The zero-order valence-corrected chi connectivity index (χ0v) is 11.1. The normalized spacial score (nSPS) is 11.0. The van der Waals surface area contributed by atoms with Crippen LogP contribution in [0.4, 0.5) is 0 Å². The first-order valence-electron chi connectivity index (χ1n) is 5.67. The molecule has 2 aromatic heterocycles. The van der Waals surface area contributed by atoms with Crippen LogP contribution in [0.25, 0.3) is 10.2 Å². The molecule has 0 bridgehead atoms. The van der Waals surface area contributed by atoms with Crippen LogP contribution in [0.1, 0.15) is 23.3 Å². The molecule has 5 nitrogen and oxygen atoms in total. The van der Waals surface area contributed by atoms with Gasteiger partial charge in [0.2, 0.25) is 0 Å². The predicted octanol–water partition coefficient (Wildman–Crippen LogP) is 1.94. The van der Waals surface area contributed by atoms with Gasteiger partial charge in [-0.15, -0.1) is 11.3 Å². The average molecular weight is 266 g/mol. The van der Waals surface area contributed by atoms with Gasteiger partial charge in [-0.1, -0.05) is 0 Å². The molecule has 6 heteroatoms. The Bertz CT molecular complexity index is 657. The van der Waals surface area contributed by atoms with Crippen molar-refractivity contribution in [3.05, 3.63) is 27.1 Å². The third kappa shape index (κ3) is 2.28. The van der Waals surface area contributed by atoms with Crippen LogP contribution < -0.4 is 5.56 Å². The molecule has 1 N–H and O–H groups in total. The Morgan fingerprint density at radius 1 is 1.50 bits per heavy atom. The van der Waals surface area contributed by atoms with Crippen molar-refractivity contribution in [2.45, 2.75) is 33.2 Å². The maximum atomic E-state index is 12.2. The Morgan fingerprint density at radius 3 is 2.89 bits per heavy atom. The Labute approximate surface area is 108 Å². The van der Waals surface area contributed by atoms with Crippen LogP contribution in [-0.4, -0.2) is 20.6 Å². The fraction of sp³-hybridized carbons (Fsp3) is 0.417. The van der Waals surface area contributed by atoms with Gasteiger partial charge in [-0.2, -0.15) is 0 Å². The summed E-state index contributed by atoms with van der Waals surface area (Å²) in [7, 11) is 0. The summed E-state index contributed by atoms with van der Waals surface area (Å²) in [5.41, 5.74) is 0.896. The maximum Gasteiger partial charge on any atom is 0.303 e. The Kier molecular flexibility index (Phi) is 3.47. The van der Waals surface area contributed by atoms with Gasteiger partial charge in [0.1, 0.15) is 4.83 Å². The van der Waals surface area contributed by atoms with Crippen molar-refractivity contribution in [3.8, 4) is 0 Å². The van der Waals surface area contributed by atoms with Crippen molar-refractivity contribution in [1.29, 1.82) is 0 Å². The van der Waals surface area contributed by atoms with Gasteiger partial charge in [0.05, 0.1) is 11.7 Å². The summed E-state index contributed by atoms with van der Waals surface area (Å²) in [4.78, 5) is 28.8. The minimum absolute atomic E-state index is 0.0616. The van der Waals surface area contributed by atoms with Crippen molar-refractivity contribution >= 4 is 27.5 Å². The second kappa shape index (κ2) is 4.89. The number of rotatable bonds is 4. The number of carbonyl (C=O) groups is 1. The first-order valence-corrected chi connectivity index (χ1v) is 6.49. The van der Waals surface area contributed by atoms with E-state index in [1.54, 1.807) is 0 Å². The van der Waals surface area contributed by atoms with E-state index < -0.39 is 5.97 Å². The molecule has 0 aliphatic rings. The largest absolute Gasteiger partial charge is 0.481 e. The lowest BCUT2D eigenvalue weighted by Gasteiger charge is -2.03. The van der Waals surface area contributed by atoms with Gasteiger partial charge in [0, 0.05) is 17.8 Å². The van der Waals surface area contributed by atoms with Crippen LogP contribution in [0.3, 0.4) is 0 Å². The summed E-state index contributed by atoms with van der Waals surface area (Å²) >= 11 is 1.51. The van der Waals surface area contributed by atoms with E-state index in [1.165, 1.54) is 22.2 Å². The van der Waals surface area contributed by atoms with E-state index in [0.717, 1.165) is 15.3 Å². The van der Waals surface area contributed by atoms with Crippen molar-refractivity contribution in [2.75, 3.05) is 0 Å². The summed E-state index contributed by atoms with van der Waals surface area (Å²) in [6.45, 7) is 4.27. The topological polar surface area (TPSA) is 72.2 Å². The molecule has 0 aromatic carbocycles. The molecule has 0 aliphatic heterocycles. The summed E-state index contributed by atoms with van der Waals surface area (Å²) in [5.74, 6) is -0.848. The van der Waals surface area contributed by atoms with Crippen molar-refractivity contribution in [3.63, 3.8) is 0 Å². The number of aromatic nitrogens is 2. The second-order valence-corrected chi connectivity index (χ2v) is 5.41. The lowest BCUT2D eigenvalue weighted by molar-refractivity contribution is -0.137. The number of aryl methyl sites for hydroxylation is 3. The molecule has 2 heterocycles. The molecule has 0 radical (unpaired) electrons. The number of carboxylic acid groups (broad SMARTS) is 1. The van der Waals surface area contributed by atoms with Crippen LogP contribution in [0.2, 0.25) is 0 Å². The van der Waals surface area contributed by atoms with Crippen LogP contribution in [-0.2, 0) is 11.3 Å². The minimum Gasteiger partial charge on any atom is -0.481 e. The molecule has 96 valence electrons. The van der Waals surface area contributed by atoms with Crippen LogP contribution >= 0.6 is 11.3 Å². The molecule has 0 fully saturated rings. The summed E-state index contributed by atoms with van der Waals surface area (Å²) in [6.07, 6.45) is 2.00. The summed E-state index contributed by atoms with van der Waals surface area (Å²) in [5, 5.41) is 9.24. The van der Waals surface area contributed by atoms with Gasteiger partial charge in [-0.05, 0) is 25.8 Å². The van der Waals surface area contributed by atoms with E-state index in [1.807, 2.05) is 13.8 Å². The quantitative estimate of drug-likeness (QED) is 0.918. The Morgan fingerprint density at radius 2 is 2.22 bits per heavy atom. The highest BCUT2D eigenvalue weighted by molar-refractivity contribution is 7.18. The maximum absolute atomic E-state index is 12.2. The number of carboxylic acids is 1. The van der Waals surface area contributed by atoms with E-state index in [9.17, 15) is 9.59 Å². The molecular weight excluding hydrogens is 252 g/mol. The SMILES string of the molecule is Cc1sc2ncn(CCCC(=O)O)c(=O)c2c1C. The van der Waals surface area contributed by atoms with Gasteiger partial charge in [-0.3, -0.25) is 14.2 Å². The summed E-state index contributed by atoms with van der Waals surface area (Å²) in [6, 6.07) is 0. The standard InChI is InChI=1S/C12H14N2O3S/c1-7-8(2)18-11-10(7)12(17)14(6-13-11)5-3-4-9(15)16/h6H,3-5H2,1-2H3,(H,15,16). The van der Waals surface area contributed by atoms with Crippen molar-refractivity contribution in [1.82, 2.24) is 9.55 Å². The molecule has 2 aromatic rings. The first-order chi connectivity index (χ1) is 8.50. The van der Waals surface area contributed by atoms with Gasteiger partial charge in [0.15, 0.2) is 0 Å². The van der Waals surface area contributed by atoms with Gasteiger partial charge in [0.25, 0.3) is 5.56 Å². The van der Waals surface area contributed by atoms with Crippen molar-refractivity contribution < 1.29 is 9.90 Å². The van der Waals surface area contributed by atoms with Gasteiger partial charge < -0.3 is 5.11 Å². The van der Waals surface area contributed by atoms with Crippen LogP contribution in [0, 0.1) is 13.8 Å². The molecule has 0 unspecified atom stereocenters. The van der Waals surface area contributed by atoms with Crippen molar-refractivity contribution in [2.24, 2.45) is 0 Å².